The van der Waals surface area contributed by atoms with Crippen LogP contribution in [-0.2, 0) is 0 Å². The molecule has 0 aliphatic carbocycles. The van der Waals surface area contributed by atoms with Crippen LogP contribution >= 0.6 is 0 Å². The second-order valence-electron chi connectivity index (χ2n) is 6.25. The van der Waals surface area contributed by atoms with Gasteiger partial charge in [0.05, 0.1) is 11.4 Å². The molecule has 3 rings (SSSR count). The van der Waals surface area contributed by atoms with Gasteiger partial charge < -0.3 is 15.6 Å². The van der Waals surface area contributed by atoms with E-state index in [2.05, 4.69) is 9.97 Å². The van der Waals surface area contributed by atoms with Crippen LogP contribution in [0.1, 0.15) is 36.5 Å². The Hall–Kier alpha value is -2.47. The molecule has 0 bridgehead atoms. The Morgan fingerprint density at radius 2 is 2.17 bits per heavy atom. The average molecular weight is 326 g/mol. The number of hydrogen-bond acceptors (Lipinski definition) is 4. The fourth-order valence-electron chi connectivity index (χ4n) is 3.22. The molecule has 0 aromatic carbocycles. The summed E-state index contributed by atoms with van der Waals surface area (Å²) in [5.74, 6) is -0.245. The number of nitrogens with one attached hydrogen (secondary N) is 1. The van der Waals surface area contributed by atoms with Crippen molar-refractivity contribution in [2.24, 2.45) is 5.73 Å². The molecule has 126 valence electrons. The maximum Gasteiger partial charge on any atom is 0.261 e. The van der Waals surface area contributed by atoms with Gasteiger partial charge in [-0.15, -0.1) is 0 Å². The highest BCUT2D eigenvalue weighted by Gasteiger charge is 2.30. The van der Waals surface area contributed by atoms with Crippen molar-refractivity contribution in [3.05, 3.63) is 52.4 Å². The monoisotopic (exact) mass is 326 g/mol. The Bertz CT molecular complexity index is 770. The first-order chi connectivity index (χ1) is 11.6. The van der Waals surface area contributed by atoms with Crippen molar-refractivity contribution in [1.82, 2.24) is 14.9 Å². The highest BCUT2D eigenvalue weighted by molar-refractivity contribution is 5.94. The van der Waals surface area contributed by atoms with Crippen molar-refractivity contribution in [3.63, 3.8) is 0 Å². The van der Waals surface area contributed by atoms with E-state index in [0.717, 1.165) is 19.3 Å². The summed E-state index contributed by atoms with van der Waals surface area (Å²) in [6.45, 7) is 2.55. The first kappa shape index (κ1) is 16.4. The van der Waals surface area contributed by atoms with E-state index >= 15 is 0 Å². The Balaban J connectivity index is 1.89. The van der Waals surface area contributed by atoms with E-state index in [1.807, 2.05) is 25.1 Å². The fraction of sp³-hybridized carbons (Fsp3) is 0.389. The molecule has 3 N–H and O–H groups in total. The first-order valence-corrected chi connectivity index (χ1v) is 8.29. The highest BCUT2D eigenvalue weighted by atomic mass is 16.2. The summed E-state index contributed by atoms with van der Waals surface area (Å²) in [6.07, 6.45) is 4.55. The SMILES string of the molecule is C[C@@H](N)[C@H]1CCCCN1C(=O)c1ccc(-c2ccccn2)[nH]c1=O. The lowest BCUT2D eigenvalue weighted by Gasteiger charge is -2.37. The lowest BCUT2D eigenvalue weighted by Crippen LogP contribution is -2.52. The van der Waals surface area contributed by atoms with Crippen LogP contribution in [0.5, 0.6) is 0 Å². The number of carbonyl (C=O) groups excluding carboxylic acids is 1. The number of aromatic nitrogens is 2. The summed E-state index contributed by atoms with van der Waals surface area (Å²) in [5, 5.41) is 0. The van der Waals surface area contributed by atoms with Gasteiger partial charge in [-0.2, -0.15) is 0 Å². The number of pyridine rings is 2. The molecular weight excluding hydrogens is 304 g/mol. The van der Waals surface area contributed by atoms with Gasteiger partial charge in [0.25, 0.3) is 11.5 Å². The van der Waals surface area contributed by atoms with Gasteiger partial charge in [-0.1, -0.05) is 6.07 Å². The minimum atomic E-state index is -0.392. The normalized spacial score (nSPS) is 19.1. The van der Waals surface area contributed by atoms with Crippen LogP contribution < -0.4 is 11.3 Å². The number of piperidine rings is 1. The van der Waals surface area contributed by atoms with Crippen LogP contribution in [0, 0.1) is 0 Å². The number of aromatic amines is 1. The molecule has 0 unspecified atom stereocenters. The molecule has 3 heterocycles. The summed E-state index contributed by atoms with van der Waals surface area (Å²) in [4.78, 5) is 33.9. The molecule has 6 nitrogen and oxygen atoms in total. The predicted molar refractivity (Wildman–Crippen MR) is 92.6 cm³/mol. The zero-order valence-corrected chi connectivity index (χ0v) is 13.7. The van der Waals surface area contributed by atoms with Crippen molar-refractivity contribution in [2.45, 2.75) is 38.3 Å². The van der Waals surface area contributed by atoms with E-state index in [-0.39, 0.29) is 23.6 Å². The Labute approximate surface area is 140 Å². The van der Waals surface area contributed by atoms with Crippen molar-refractivity contribution >= 4 is 5.91 Å². The van der Waals surface area contributed by atoms with Gasteiger partial charge in [0.2, 0.25) is 0 Å². The van der Waals surface area contributed by atoms with Crippen LogP contribution in [0.15, 0.2) is 41.3 Å². The van der Waals surface area contributed by atoms with Gasteiger partial charge in [-0.25, -0.2) is 0 Å². The fourth-order valence-corrected chi connectivity index (χ4v) is 3.22. The molecule has 0 saturated carbocycles. The van der Waals surface area contributed by atoms with E-state index < -0.39 is 5.56 Å². The van der Waals surface area contributed by atoms with Crippen molar-refractivity contribution in [1.29, 1.82) is 0 Å². The van der Waals surface area contributed by atoms with Crippen LogP contribution in [0.4, 0.5) is 0 Å². The number of hydrogen-bond donors (Lipinski definition) is 2. The Morgan fingerprint density at radius 1 is 1.33 bits per heavy atom. The third-order valence-corrected chi connectivity index (χ3v) is 4.50. The Kier molecular flexibility index (Phi) is 4.76. The number of carbonyl (C=O) groups is 1. The molecule has 1 aliphatic rings. The molecule has 2 aromatic heterocycles. The van der Waals surface area contributed by atoms with Crippen LogP contribution in [0.3, 0.4) is 0 Å². The van der Waals surface area contributed by atoms with Gasteiger partial charge in [-0.3, -0.25) is 14.6 Å². The summed E-state index contributed by atoms with van der Waals surface area (Å²) >= 11 is 0. The lowest BCUT2D eigenvalue weighted by atomic mass is 9.96. The van der Waals surface area contributed by atoms with Gasteiger partial charge in [-0.05, 0) is 50.5 Å². The lowest BCUT2D eigenvalue weighted by molar-refractivity contribution is 0.0582. The summed E-state index contributed by atoms with van der Waals surface area (Å²) in [6, 6.07) is 8.65. The van der Waals surface area contributed by atoms with Crippen molar-refractivity contribution < 1.29 is 4.79 Å². The predicted octanol–water partition coefficient (Wildman–Crippen LogP) is 1.78. The summed E-state index contributed by atoms with van der Waals surface area (Å²) in [5.41, 5.74) is 7.05. The maximum absolute atomic E-state index is 12.8. The van der Waals surface area contributed by atoms with Crippen LogP contribution in [0.25, 0.3) is 11.4 Å². The van der Waals surface area contributed by atoms with Crippen LogP contribution in [0.2, 0.25) is 0 Å². The number of rotatable bonds is 3. The number of nitrogens with zero attached hydrogens (tertiary/aromatic N) is 2. The maximum atomic E-state index is 12.8. The molecule has 1 aliphatic heterocycles. The summed E-state index contributed by atoms with van der Waals surface area (Å²) < 4.78 is 0. The van der Waals surface area contributed by atoms with Crippen molar-refractivity contribution in [2.75, 3.05) is 6.54 Å². The van der Waals surface area contributed by atoms with E-state index in [9.17, 15) is 9.59 Å². The third-order valence-electron chi connectivity index (χ3n) is 4.50. The van der Waals surface area contributed by atoms with Gasteiger partial charge in [0.15, 0.2) is 0 Å². The number of nitrogens with two attached hydrogens (primary N) is 1. The molecule has 1 fully saturated rings. The molecule has 2 aromatic rings. The molecule has 0 spiro atoms. The summed E-state index contributed by atoms with van der Waals surface area (Å²) in [7, 11) is 0. The standard InChI is InChI=1S/C18H22N4O2/c1-12(19)16-7-3-5-11-22(16)18(24)13-8-9-15(21-17(13)23)14-6-2-4-10-20-14/h2,4,6,8-10,12,16H,3,5,7,11,19H2,1H3,(H,21,23)/t12-,16-/m1/s1. The van der Waals surface area contributed by atoms with E-state index in [1.54, 1.807) is 23.2 Å². The number of likely N-dealkylation sites (tertiary alicyclic amines) is 1. The van der Waals surface area contributed by atoms with Gasteiger partial charge in [0.1, 0.15) is 5.56 Å². The minimum absolute atomic E-state index is 0.0129. The number of amides is 1. The second kappa shape index (κ2) is 6.97. The number of H-pyrrole nitrogens is 1. The van der Waals surface area contributed by atoms with E-state index in [4.69, 9.17) is 5.73 Å². The third kappa shape index (κ3) is 3.23. The molecule has 1 saturated heterocycles. The zero-order valence-electron chi connectivity index (χ0n) is 13.7. The van der Waals surface area contributed by atoms with E-state index in [1.165, 1.54) is 0 Å². The largest absolute Gasteiger partial charge is 0.334 e. The Morgan fingerprint density at radius 3 is 2.83 bits per heavy atom. The highest BCUT2D eigenvalue weighted by Crippen LogP contribution is 2.21. The minimum Gasteiger partial charge on any atom is -0.334 e. The van der Waals surface area contributed by atoms with E-state index in [0.29, 0.717) is 17.9 Å². The average Bonchev–Trinajstić information content (AvgIpc) is 2.62. The first-order valence-electron chi connectivity index (χ1n) is 8.29. The molecule has 1 amide bonds. The van der Waals surface area contributed by atoms with Crippen LogP contribution in [-0.4, -0.2) is 39.4 Å². The molecule has 24 heavy (non-hydrogen) atoms. The molecule has 2 atom stereocenters. The van der Waals surface area contributed by atoms with Crippen molar-refractivity contribution in [3.8, 4) is 11.4 Å². The topological polar surface area (TPSA) is 92.1 Å². The second-order valence-corrected chi connectivity index (χ2v) is 6.25. The zero-order chi connectivity index (χ0) is 17.1. The van der Waals surface area contributed by atoms with Gasteiger partial charge >= 0.3 is 0 Å². The quantitative estimate of drug-likeness (QED) is 0.899. The molecular formula is C18H22N4O2. The smallest absolute Gasteiger partial charge is 0.261 e. The molecule has 6 heteroatoms. The molecule has 0 radical (unpaired) electrons. The van der Waals surface area contributed by atoms with Gasteiger partial charge in [0, 0.05) is 24.8 Å².